The Hall–Kier alpha value is -2.75. The molecule has 3 rings (SSSR count). The van der Waals surface area contributed by atoms with Crippen molar-refractivity contribution in [2.24, 2.45) is 0 Å². The van der Waals surface area contributed by atoms with E-state index in [1.165, 1.54) is 0 Å². The highest BCUT2D eigenvalue weighted by atomic mass is 16.2. The minimum Gasteiger partial charge on any atom is -0.343 e. The fourth-order valence-corrected chi connectivity index (χ4v) is 2.77. The van der Waals surface area contributed by atoms with E-state index in [4.69, 9.17) is 9.97 Å². The number of likely N-dealkylation sites (N-methyl/N-ethyl adjacent to an activating group) is 1. The Bertz CT molecular complexity index is 877. The number of amides is 1. The van der Waals surface area contributed by atoms with E-state index in [0.29, 0.717) is 0 Å². The molecule has 142 valence electrons. The van der Waals surface area contributed by atoms with Crippen molar-refractivity contribution < 1.29 is 4.79 Å². The first-order chi connectivity index (χ1) is 13.1. The maximum Gasteiger partial charge on any atom is 0.228 e. The zero-order valence-electron chi connectivity index (χ0n) is 16.9. The van der Waals surface area contributed by atoms with Gasteiger partial charge < -0.3 is 4.90 Å². The number of carbonyl (C=O) groups excluding carboxylic acids is 1. The molecule has 0 aliphatic heterocycles. The second-order valence-corrected chi connectivity index (χ2v) is 6.31. The average Bonchev–Trinajstić information content (AvgIpc) is 2.74. The quantitative estimate of drug-likeness (QED) is 0.632. The van der Waals surface area contributed by atoms with Crippen molar-refractivity contribution in [3.63, 3.8) is 0 Å². The van der Waals surface area contributed by atoms with Gasteiger partial charge in [-0.25, -0.2) is 9.97 Å². The van der Waals surface area contributed by atoms with Crippen molar-refractivity contribution in [2.75, 3.05) is 7.05 Å². The Kier molecular flexibility index (Phi) is 7.47. The number of rotatable bonds is 5. The van der Waals surface area contributed by atoms with Crippen LogP contribution in [0.1, 0.15) is 39.8 Å². The van der Waals surface area contributed by atoms with E-state index in [1.54, 1.807) is 4.90 Å². The maximum absolute atomic E-state index is 12.7. The minimum absolute atomic E-state index is 0.0658. The molecule has 2 aromatic carbocycles. The largest absolute Gasteiger partial charge is 0.343 e. The number of aromatic nitrogens is 2. The van der Waals surface area contributed by atoms with Crippen LogP contribution in [-0.4, -0.2) is 33.9 Å². The number of benzene rings is 2. The lowest BCUT2D eigenvalue weighted by molar-refractivity contribution is -0.131. The van der Waals surface area contributed by atoms with Crippen molar-refractivity contribution in [1.82, 2.24) is 14.9 Å². The van der Waals surface area contributed by atoms with Crippen LogP contribution in [-0.2, 0) is 11.2 Å². The Morgan fingerprint density at radius 1 is 0.963 bits per heavy atom. The fourth-order valence-electron chi connectivity index (χ4n) is 2.77. The molecule has 27 heavy (non-hydrogen) atoms. The predicted molar refractivity (Wildman–Crippen MR) is 113 cm³/mol. The topological polar surface area (TPSA) is 46.1 Å². The average molecular weight is 364 g/mol. The molecule has 4 heteroatoms. The van der Waals surface area contributed by atoms with E-state index in [9.17, 15) is 4.79 Å². The van der Waals surface area contributed by atoms with Crippen molar-refractivity contribution in [3.05, 3.63) is 60.3 Å². The molecule has 4 nitrogen and oxygen atoms in total. The van der Waals surface area contributed by atoms with E-state index in [0.717, 1.165) is 34.4 Å². The third-order valence-electron chi connectivity index (χ3n) is 4.65. The van der Waals surface area contributed by atoms with Gasteiger partial charge in [-0.05, 0) is 25.5 Å². The van der Waals surface area contributed by atoms with Crippen molar-refractivity contribution in [3.8, 4) is 11.3 Å². The summed E-state index contributed by atoms with van der Waals surface area (Å²) in [5.41, 5.74) is 4.15. The molecule has 0 N–H and O–H groups in total. The van der Waals surface area contributed by atoms with Gasteiger partial charge in [0.1, 0.15) is 0 Å². The van der Waals surface area contributed by atoms with Gasteiger partial charge in [0.15, 0.2) is 0 Å². The van der Waals surface area contributed by atoms with Crippen LogP contribution in [0, 0.1) is 0 Å². The molecule has 1 aromatic heterocycles. The highest BCUT2D eigenvalue weighted by molar-refractivity contribution is 5.83. The van der Waals surface area contributed by atoms with Crippen LogP contribution in [0.4, 0.5) is 0 Å². The molecule has 0 saturated carbocycles. The second-order valence-electron chi connectivity index (χ2n) is 6.31. The Labute approximate surface area is 162 Å². The third kappa shape index (κ3) is 4.91. The molecule has 1 unspecified atom stereocenters. The van der Waals surface area contributed by atoms with Gasteiger partial charge >= 0.3 is 0 Å². The number of para-hydroxylation sites is 2. The van der Waals surface area contributed by atoms with Gasteiger partial charge in [0, 0.05) is 18.7 Å². The Morgan fingerprint density at radius 3 is 2.11 bits per heavy atom. The van der Waals surface area contributed by atoms with Crippen LogP contribution in [0.15, 0.2) is 54.6 Å². The highest BCUT2D eigenvalue weighted by Gasteiger charge is 2.19. The molecule has 0 bridgehead atoms. The summed E-state index contributed by atoms with van der Waals surface area (Å²) in [5, 5.41) is 0. The first kappa shape index (κ1) is 20.6. The van der Waals surface area contributed by atoms with Crippen molar-refractivity contribution in [1.29, 1.82) is 0 Å². The smallest absolute Gasteiger partial charge is 0.228 e. The standard InChI is InChI=1S/C21H23N3O.C2H6/c1-4-15(2)24(3)20(25)14-19-21(16-10-6-5-7-11-16)23-18-13-9-8-12-17(18)22-19;1-2/h5-13,15H,4,14H2,1-3H3;1-2H3. The van der Waals surface area contributed by atoms with E-state index in [-0.39, 0.29) is 18.4 Å². The summed E-state index contributed by atoms with van der Waals surface area (Å²) in [5.74, 6) is 0.0658. The zero-order valence-corrected chi connectivity index (χ0v) is 16.9. The van der Waals surface area contributed by atoms with E-state index in [1.807, 2.05) is 75.5 Å². The molecule has 3 aromatic rings. The molecule has 0 saturated heterocycles. The molecular formula is C23H29N3O. The Balaban J connectivity index is 0.00000126. The number of hydrogen-bond donors (Lipinski definition) is 0. The van der Waals surface area contributed by atoms with Gasteiger partial charge in [0.2, 0.25) is 5.91 Å². The summed E-state index contributed by atoms with van der Waals surface area (Å²) in [6, 6.07) is 17.9. The van der Waals surface area contributed by atoms with Gasteiger partial charge in [-0.15, -0.1) is 0 Å². The molecule has 0 aliphatic carbocycles. The van der Waals surface area contributed by atoms with Crippen LogP contribution >= 0.6 is 0 Å². The second kappa shape index (κ2) is 9.81. The lowest BCUT2D eigenvalue weighted by Gasteiger charge is -2.24. The first-order valence-corrected chi connectivity index (χ1v) is 9.67. The number of carbonyl (C=O) groups is 1. The van der Waals surface area contributed by atoms with Crippen molar-refractivity contribution in [2.45, 2.75) is 46.6 Å². The molecule has 0 spiro atoms. The van der Waals surface area contributed by atoms with E-state index in [2.05, 4.69) is 13.8 Å². The molecule has 0 aliphatic rings. The molecular weight excluding hydrogens is 334 g/mol. The van der Waals surface area contributed by atoms with Crippen LogP contribution in [0.5, 0.6) is 0 Å². The van der Waals surface area contributed by atoms with Gasteiger partial charge in [-0.3, -0.25) is 4.79 Å². The SMILES string of the molecule is CC.CCC(C)N(C)C(=O)Cc1nc2ccccc2nc1-c1ccccc1. The number of fused-ring (bicyclic) bond motifs is 1. The maximum atomic E-state index is 12.7. The van der Waals surface area contributed by atoms with Crippen LogP contribution in [0.3, 0.4) is 0 Å². The Morgan fingerprint density at radius 2 is 1.52 bits per heavy atom. The lowest BCUT2D eigenvalue weighted by Crippen LogP contribution is -2.36. The zero-order chi connectivity index (χ0) is 19.8. The van der Waals surface area contributed by atoms with E-state index >= 15 is 0 Å². The van der Waals surface area contributed by atoms with Gasteiger partial charge in [-0.2, -0.15) is 0 Å². The number of hydrogen-bond acceptors (Lipinski definition) is 3. The predicted octanol–water partition coefficient (Wildman–Crippen LogP) is 5.12. The summed E-state index contributed by atoms with van der Waals surface area (Å²) in [4.78, 5) is 24.0. The molecule has 1 heterocycles. The summed E-state index contributed by atoms with van der Waals surface area (Å²) in [6.07, 6.45) is 1.18. The lowest BCUT2D eigenvalue weighted by atomic mass is 10.1. The normalized spacial score (nSPS) is 11.4. The van der Waals surface area contributed by atoms with Crippen LogP contribution in [0.25, 0.3) is 22.3 Å². The van der Waals surface area contributed by atoms with Crippen LogP contribution < -0.4 is 0 Å². The summed E-state index contributed by atoms with van der Waals surface area (Å²) >= 11 is 0. The highest BCUT2D eigenvalue weighted by Crippen LogP contribution is 2.24. The first-order valence-electron chi connectivity index (χ1n) is 9.67. The molecule has 1 atom stereocenters. The third-order valence-corrected chi connectivity index (χ3v) is 4.65. The van der Waals surface area contributed by atoms with Gasteiger partial charge in [-0.1, -0.05) is 63.2 Å². The van der Waals surface area contributed by atoms with E-state index < -0.39 is 0 Å². The minimum atomic E-state index is 0.0658. The summed E-state index contributed by atoms with van der Waals surface area (Å²) < 4.78 is 0. The number of nitrogens with zero attached hydrogens (tertiary/aromatic N) is 3. The molecule has 0 radical (unpaired) electrons. The van der Waals surface area contributed by atoms with Crippen molar-refractivity contribution >= 4 is 16.9 Å². The van der Waals surface area contributed by atoms with Gasteiger partial charge in [0.25, 0.3) is 0 Å². The molecule has 1 amide bonds. The molecule has 0 fully saturated rings. The van der Waals surface area contributed by atoms with Crippen LogP contribution in [0.2, 0.25) is 0 Å². The summed E-state index contributed by atoms with van der Waals surface area (Å²) in [7, 11) is 1.85. The fraction of sp³-hybridized carbons (Fsp3) is 0.348. The monoisotopic (exact) mass is 363 g/mol. The summed E-state index contributed by atoms with van der Waals surface area (Å²) in [6.45, 7) is 8.14. The van der Waals surface area contributed by atoms with Gasteiger partial charge in [0.05, 0.1) is 28.8 Å².